The second-order valence-corrected chi connectivity index (χ2v) is 4.91. The van der Waals surface area contributed by atoms with Crippen molar-refractivity contribution in [1.82, 2.24) is 9.88 Å². The van der Waals surface area contributed by atoms with Crippen LogP contribution >= 0.6 is 11.6 Å². The summed E-state index contributed by atoms with van der Waals surface area (Å²) in [6.45, 7) is 1.90. The van der Waals surface area contributed by atoms with E-state index in [0.29, 0.717) is 5.56 Å². The number of amides is 1. The van der Waals surface area contributed by atoms with Gasteiger partial charge in [-0.15, -0.1) is 0 Å². The number of carbonyl (C=O) groups is 1. The molecule has 0 radical (unpaired) electrons. The normalized spacial score (nSPS) is 12.0. The maximum absolute atomic E-state index is 13.1. The van der Waals surface area contributed by atoms with Gasteiger partial charge in [-0.3, -0.25) is 9.78 Å². The number of nitrogens with zero attached hydrogens (tertiary/aromatic N) is 2. The smallest absolute Gasteiger partial charge is 0.254 e. The van der Waals surface area contributed by atoms with Gasteiger partial charge in [-0.05, 0) is 36.8 Å². The van der Waals surface area contributed by atoms with Gasteiger partial charge in [-0.25, -0.2) is 4.39 Å². The zero-order chi connectivity index (χ0) is 14.7. The lowest BCUT2D eigenvalue weighted by Crippen LogP contribution is -2.29. The largest absolute Gasteiger partial charge is 0.335 e. The molecule has 1 unspecified atom stereocenters. The molecule has 1 amide bonds. The van der Waals surface area contributed by atoms with Gasteiger partial charge >= 0.3 is 0 Å². The standard InChI is InChI=1S/C15H14ClFN2O/c1-10(12-4-3-7-18-9-12)19(2)15(20)11-5-6-14(17)13(16)8-11/h3-10H,1-2H3. The van der Waals surface area contributed by atoms with Gasteiger partial charge in [-0.1, -0.05) is 17.7 Å². The third-order valence-electron chi connectivity index (χ3n) is 3.23. The molecule has 2 aromatic rings. The van der Waals surface area contributed by atoms with Crippen LogP contribution in [-0.4, -0.2) is 22.8 Å². The van der Waals surface area contributed by atoms with Gasteiger partial charge in [-0.2, -0.15) is 0 Å². The Bertz CT molecular complexity index is 619. The van der Waals surface area contributed by atoms with Crippen molar-refractivity contribution in [2.45, 2.75) is 13.0 Å². The number of rotatable bonds is 3. The Balaban J connectivity index is 2.22. The van der Waals surface area contributed by atoms with Crippen LogP contribution in [0.3, 0.4) is 0 Å². The lowest BCUT2D eigenvalue weighted by molar-refractivity contribution is 0.0742. The SMILES string of the molecule is CC(c1cccnc1)N(C)C(=O)c1ccc(F)c(Cl)c1. The second kappa shape index (κ2) is 6.01. The molecule has 0 saturated heterocycles. The highest BCUT2D eigenvalue weighted by atomic mass is 35.5. The third-order valence-corrected chi connectivity index (χ3v) is 3.52. The van der Waals surface area contributed by atoms with Crippen LogP contribution in [0.5, 0.6) is 0 Å². The van der Waals surface area contributed by atoms with Crippen LogP contribution in [0, 0.1) is 5.82 Å². The van der Waals surface area contributed by atoms with Crippen LogP contribution in [0.25, 0.3) is 0 Å². The zero-order valence-electron chi connectivity index (χ0n) is 11.2. The Morgan fingerprint density at radius 3 is 2.75 bits per heavy atom. The van der Waals surface area contributed by atoms with Gasteiger partial charge in [0.15, 0.2) is 0 Å². The van der Waals surface area contributed by atoms with Crippen LogP contribution in [-0.2, 0) is 0 Å². The molecule has 0 spiro atoms. The molecule has 0 N–H and O–H groups in total. The topological polar surface area (TPSA) is 33.2 Å². The van der Waals surface area contributed by atoms with Gasteiger partial charge < -0.3 is 4.90 Å². The van der Waals surface area contributed by atoms with Crippen LogP contribution in [0.2, 0.25) is 5.02 Å². The van der Waals surface area contributed by atoms with Gasteiger partial charge in [0.25, 0.3) is 5.91 Å². The van der Waals surface area contributed by atoms with E-state index >= 15 is 0 Å². The maximum atomic E-state index is 13.1. The molecule has 104 valence electrons. The van der Waals surface area contributed by atoms with E-state index in [1.54, 1.807) is 24.3 Å². The third kappa shape index (κ3) is 2.96. The molecule has 0 aliphatic carbocycles. The Morgan fingerprint density at radius 1 is 1.40 bits per heavy atom. The first-order valence-electron chi connectivity index (χ1n) is 6.13. The van der Waals surface area contributed by atoms with Crippen molar-refractivity contribution in [3.05, 3.63) is 64.7 Å². The fraction of sp³-hybridized carbons (Fsp3) is 0.200. The average Bonchev–Trinajstić information content (AvgIpc) is 2.48. The van der Waals surface area contributed by atoms with Crippen molar-refractivity contribution in [2.75, 3.05) is 7.05 Å². The number of carbonyl (C=O) groups excluding carboxylic acids is 1. The fourth-order valence-electron chi connectivity index (χ4n) is 1.86. The maximum Gasteiger partial charge on any atom is 0.254 e. The fourth-order valence-corrected chi connectivity index (χ4v) is 2.04. The molecule has 5 heteroatoms. The number of hydrogen-bond acceptors (Lipinski definition) is 2. The van der Waals surface area contributed by atoms with E-state index in [1.807, 2.05) is 19.1 Å². The molecule has 0 bridgehead atoms. The quantitative estimate of drug-likeness (QED) is 0.864. The molecule has 0 fully saturated rings. The minimum absolute atomic E-state index is 0.0571. The lowest BCUT2D eigenvalue weighted by atomic mass is 10.1. The van der Waals surface area contributed by atoms with Crippen molar-refractivity contribution in [2.24, 2.45) is 0 Å². The molecule has 1 aromatic heterocycles. The predicted octanol–water partition coefficient (Wildman–Crippen LogP) is 3.71. The molecule has 1 atom stereocenters. The molecule has 2 rings (SSSR count). The van der Waals surface area contributed by atoms with E-state index in [9.17, 15) is 9.18 Å². The molecule has 20 heavy (non-hydrogen) atoms. The molecule has 0 aliphatic heterocycles. The number of pyridine rings is 1. The molecule has 1 heterocycles. The summed E-state index contributed by atoms with van der Waals surface area (Å²) in [6.07, 6.45) is 3.39. The van der Waals surface area contributed by atoms with E-state index in [0.717, 1.165) is 5.56 Å². The minimum atomic E-state index is -0.536. The first-order chi connectivity index (χ1) is 9.50. The van der Waals surface area contributed by atoms with E-state index < -0.39 is 5.82 Å². The van der Waals surface area contributed by atoms with E-state index in [2.05, 4.69) is 4.98 Å². The zero-order valence-corrected chi connectivity index (χ0v) is 11.9. The summed E-state index contributed by atoms with van der Waals surface area (Å²) in [4.78, 5) is 18.0. The first kappa shape index (κ1) is 14.5. The van der Waals surface area contributed by atoms with E-state index in [-0.39, 0.29) is 17.0 Å². The Morgan fingerprint density at radius 2 is 2.15 bits per heavy atom. The molecular formula is C15H14ClFN2O. The number of halogens is 2. The van der Waals surface area contributed by atoms with Crippen LogP contribution in [0.15, 0.2) is 42.7 Å². The summed E-state index contributed by atoms with van der Waals surface area (Å²) in [5.74, 6) is -0.755. The Kier molecular flexibility index (Phi) is 4.35. The minimum Gasteiger partial charge on any atom is -0.335 e. The summed E-state index contributed by atoms with van der Waals surface area (Å²) >= 11 is 5.70. The summed E-state index contributed by atoms with van der Waals surface area (Å²) in [7, 11) is 1.69. The molecule has 0 saturated carbocycles. The summed E-state index contributed by atoms with van der Waals surface area (Å²) in [6, 6.07) is 7.54. The van der Waals surface area contributed by atoms with Gasteiger partial charge in [0.2, 0.25) is 0 Å². The predicted molar refractivity (Wildman–Crippen MR) is 76.2 cm³/mol. The molecule has 1 aromatic carbocycles. The highest BCUT2D eigenvalue weighted by molar-refractivity contribution is 6.31. The number of hydrogen-bond donors (Lipinski definition) is 0. The van der Waals surface area contributed by atoms with Gasteiger partial charge in [0.1, 0.15) is 5.82 Å². The van der Waals surface area contributed by atoms with Crippen molar-refractivity contribution in [3.63, 3.8) is 0 Å². The van der Waals surface area contributed by atoms with Gasteiger partial charge in [0.05, 0.1) is 11.1 Å². The van der Waals surface area contributed by atoms with Crippen molar-refractivity contribution in [3.8, 4) is 0 Å². The summed E-state index contributed by atoms with van der Waals surface area (Å²) < 4.78 is 13.1. The van der Waals surface area contributed by atoms with Crippen LogP contribution < -0.4 is 0 Å². The number of benzene rings is 1. The van der Waals surface area contributed by atoms with Gasteiger partial charge in [0, 0.05) is 25.0 Å². The van der Waals surface area contributed by atoms with Crippen molar-refractivity contribution in [1.29, 1.82) is 0 Å². The highest BCUT2D eigenvalue weighted by Gasteiger charge is 2.19. The van der Waals surface area contributed by atoms with Crippen molar-refractivity contribution < 1.29 is 9.18 Å². The van der Waals surface area contributed by atoms with Crippen LogP contribution in [0.4, 0.5) is 4.39 Å². The average molecular weight is 293 g/mol. The van der Waals surface area contributed by atoms with E-state index in [4.69, 9.17) is 11.6 Å². The van der Waals surface area contributed by atoms with E-state index in [1.165, 1.54) is 18.2 Å². The van der Waals surface area contributed by atoms with Crippen molar-refractivity contribution >= 4 is 17.5 Å². The summed E-state index contributed by atoms with van der Waals surface area (Å²) in [5, 5.41) is -0.0571. The highest BCUT2D eigenvalue weighted by Crippen LogP contribution is 2.22. The molecule has 0 aliphatic rings. The van der Waals surface area contributed by atoms with Crippen LogP contribution in [0.1, 0.15) is 28.9 Å². The lowest BCUT2D eigenvalue weighted by Gasteiger charge is -2.25. The monoisotopic (exact) mass is 292 g/mol. The second-order valence-electron chi connectivity index (χ2n) is 4.51. The Hall–Kier alpha value is -1.94. The first-order valence-corrected chi connectivity index (χ1v) is 6.50. The summed E-state index contributed by atoms with van der Waals surface area (Å²) in [5.41, 5.74) is 1.28. The number of aromatic nitrogens is 1. The molecule has 3 nitrogen and oxygen atoms in total. The Labute approximate surface area is 122 Å². The molecular weight excluding hydrogens is 279 g/mol.